The molecule has 1 saturated heterocycles. The molecule has 0 saturated carbocycles. The summed E-state index contributed by atoms with van der Waals surface area (Å²) in [5.41, 5.74) is 2.17. The van der Waals surface area contributed by atoms with E-state index in [4.69, 9.17) is 8.92 Å². The van der Waals surface area contributed by atoms with Crippen LogP contribution in [0.5, 0.6) is 0 Å². The highest BCUT2D eigenvalue weighted by Crippen LogP contribution is 2.27. The van der Waals surface area contributed by atoms with Crippen LogP contribution in [0.1, 0.15) is 11.1 Å². The molecule has 0 aromatic heterocycles. The number of aryl methyl sites for hydroxylation is 1. The van der Waals surface area contributed by atoms with Gasteiger partial charge in [-0.3, -0.25) is 4.18 Å². The molecule has 27 heavy (non-hydrogen) atoms. The van der Waals surface area contributed by atoms with Crippen molar-refractivity contribution in [3.8, 4) is 0 Å². The number of fused-ring (bicyclic) bond motifs is 1. The lowest BCUT2D eigenvalue weighted by atomic mass is 9.95. The lowest BCUT2D eigenvalue weighted by molar-refractivity contribution is 0.214. The predicted molar refractivity (Wildman–Crippen MR) is 105 cm³/mol. The Morgan fingerprint density at radius 2 is 1.74 bits per heavy atom. The summed E-state index contributed by atoms with van der Waals surface area (Å²) in [6, 6.07) is 21.2. The summed E-state index contributed by atoms with van der Waals surface area (Å²) in [6.45, 7) is 2.70. The van der Waals surface area contributed by atoms with Gasteiger partial charge in [-0.05, 0) is 41.8 Å². The van der Waals surface area contributed by atoms with E-state index in [1.165, 1.54) is 10.8 Å². The van der Waals surface area contributed by atoms with E-state index in [-0.39, 0.29) is 23.5 Å². The minimum atomic E-state index is -3.76. The fourth-order valence-corrected chi connectivity index (χ4v) is 4.20. The van der Waals surface area contributed by atoms with Crippen LogP contribution in [0.2, 0.25) is 0 Å². The number of hydrogen-bond donors (Lipinski definition) is 0. The highest BCUT2D eigenvalue weighted by atomic mass is 32.2. The summed E-state index contributed by atoms with van der Waals surface area (Å²) in [6.07, 6.45) is 0.781. The molecule has 3 aromatic rings. The van der Waals surface area contributed by atoms with Gasteiger partial charge in [0, 0.05) is 5.92 Å². The zero-order chi connectivity index (χ0) is 18.9. The normalized spacial score (nSPS) is 17.7. The van der Waals surface area contributed by atoms with Crippen LogP contribution in [0.4, 0.5) is 0 Å². The standard InChI is InChI=1S/C22H22O4S/c1-16-6-10-21(11-7-16)27(23,24)26-14-20(22-15-25-22)13-17-8-9-18-4-2-3-5-19(18)12-17/h2-12,20,22H,13-15H2,1H3. The van der Waals surface area contributed by atoms with E-state index in [9.17, 15) is 8.42 Å². The second kappa shape index (κ2) is 7.43. The van der Waals surface area contributed by atoms with Crippen molar-refractivity contribution in [3.05, 3.63) is 77.9 Å². The Morgan fingerprint density at radius 1 is 1.04 bits per heavy atom. The van der Waals surface area contributed by atoms with Gasteiger partial charge < -0.3 is 4.74 Å². The monoisotopic (exact) mass is 382 g/mol. The molecule has 3 aromatic carbocycles. The molecular formula is C22H22O4S. The molecular weight excluding hydrogens is 360 g/mol. The van der Waals surface area contributed by atoms with Crippen molar-refractivity contribution < 1.29 is 17.3 Å². The maximum atomic E-state index is 12.5. The lowest BCUT2D eigenvalue weighted by Gasteiger charge is -2.15. The fraction of sp³-hybridized carbons (Fsp3) is 0.273. The van der Waals surface area contributed by atoms with Crippen LogP contribution in [0, 0.1) is 12.8 Å². The molecule has 1 heterocycles. The van der Waals surface area contributed by atoms with Gasteiger partial charge in [-0.1, -0.05) is 60.2 Å². The third-order valence-corrected chi connectivity index (χ3v) is 6.24. The molecule has 1 fully saturated rings. The van der Waals surface area contributed by atoms with E-state index in [0.29, 0.717) is 6.61 Å². The molecule has 140 valence electrons. The number of rotatable bonds is 7. The van der Waals surface area contributed by atoms with Crippen molar-refractivity contribution in [1.29, 1.82) is 0 Å². The van der Waals surface area contributed by atoms with Crippen LogP contribution in [-0.2, 0) is 25.5 Å². The average Bonchev–Trinajstić information content (AvgIpc) is 3.50. The van der Waals surface area contributed by atoms with E-state index in [2.05, 4.69) is 30.3 Å². The molecule has 0 spiro atoms. The number of benzene rings is 3. The van der Waals surface area contributed by atoms with Gasteiger partial charge in [0.25, 0.3) is 10.1 Å². The van der Waals surface area contributed by atoms with Crippen LogP contribution in [0.15, 0.2) is 71.6 Å². The molecule has 0 amide bonds. The van der Waals surface area contributed by atoms with Crippen molar-refractivity contribution in [1.82, 2.24) is 0 Å². The highest BCUT2D eigenvalue weighted by Gasteiger charge is 2.34. The lowest BCUT2D eigenvalue weighted by Crippen LogP contribution is -2.21. The quantitative estimate of drug-likeness (QED) is 0.456. The van der Waals surface area contributed by atoms with Crippen LogP contribution in [-0.4, -0.2) is 27.7 Å². The highest BCUT2D eigenvalue weighted by molar-refractivity contribution is 7.86. The first kappa shape index (κ1) is 18.2. The minimum Gasteiger partial charge on any atom is -0.373 e. The first-order valence-corrected chi connectivity index (χ1v) is 10.5. The van der Waals surface area contributed by atoms with Crippen LogP contribution >= 0.6 is 0 Å². The first-order chi connectivity index (χ1) is 13.0. The minimum absolute atomic E-state index is 0.00591. The number of ether oxygens (including phenoxy) is 1. The van der Waals surface area contributed by atoms with Crippen LogP contribution in [0.3, 0.4) is 0 Å². The van der Waals surface area contributed by atoms with Gasteiger partial charge >= 0.3 is 0 Å². The molecule has 1 aliphatic heterocycles. The largest absolute Gasteiger partial charge is 0.373 e. The molecule has 0 N–H and O–H groups in total. The van der Waals surface area contributed by atoms with E-state index in [1.54, 1.807) is 24.3 Å². The van der Waals surface area contributed by atoms with E-state index in [1.807, 2.05) is 19.1 Å². The van der Waals surface area contributed by atoms with E-state index < -0.39 is 10.1 Å². The summed E-state index contributed by atoms with van der Waals surface area (Å²) < 4.78 is 35.7. The fourth-order valence-electron chi connectivity index (χ4n) is 3.24. The number of epoxide rings is 1. The molecule has 0 aliphatic carbocycles. The Morgan fingerprint density at radius 3 is 2.44 bits per heavy atom. The van der Waals surface area contributed by atoms with Gasteiger partial charge in [0.1, 0.15) is 0 Å². The van der Waals surface area contributed by atoms with Gasteiger partial charge in [-0.25, -0.2) is 0 Å². The third-order valence-electron chi connectivity index (χ3n) is 4.94. The molecule has 0 radical (unpaired) electrons. The first-order valence-electron chi connectivity index (χ1n) is 9.07. The second-order valence-corrected chi connectivity index (χ2v) is 8.68. The molecule has 4 rings (SSSR count). The van der Waals surface area contributed by atoms with Gasteiger partial charge in [0.05, 0.1) is 24.2 Å². The van der Waals surface area contributed by atoms with Crippen molar-refractivity contribution in [2.45, 2.75) is 24.3 Å². The number of hydrogen-bond acceptors (Lipinski definition) is 4. The van der Waals surface area contributed by atoms with Crippen molar-refractivity contribution >= 4 is 20.9 Å². The van der Waals surface area contributed by atoms with E-state index in [0.717, 1.165) is 17.5 Å². The summed E-state index contributed by atoms with van der Waals surface area (Å²) in [5, 5.41) is 2.37. The average molecular weight is 382 g/mol. The predicted octanol–water partition coefficient (Wildman–Crippen LogP) is 4.11. The molecule has 2 unspecified atom stereocenters. The summed E-state index contributed by atoms with van der Waals surface area (Å²) in [5.74, 6) is 0.00591. The second-order valence-electron chi connectivity index (χ2n) is 7.07. The molecule has 4 nitrogen and oxygen atoms in total. The Bertz CT molecular complexity index is 1040. The summed E-state index contributed by atoms with van der Waals surface area (Å²) in [7, 11) is -3.76. The maximum absolute atomic E-state index is 12.5. The van der Waals surface area contributed by atoms with Gasteiger partial charge in [-0.2, -0.15) is 8.42 Å². The molecule has 1 aliphatic rings. The van der Waals surface area contributed by atoms with Crippen molar-refractivity contribution in [2.75, 3.05) is 13.2 Å². The molecule has 2 atom stereocenters. The zero-order valence-corrected chi connectivity index (χ0v) is 16.0. The van der Waals surface area contributed by atoms with Gasteiger partial charge in [-0.15, -0.1) is 0 Å². The van der Waals surface area contributed by atoms with Crippen molar-refractivity contribution in [2.24, 2.45) is 5.92 Å². The third kappa shape index (κ3) is 4.38. The van der Waals surface area contributed by atoms with Crippen LogP contribution < -0.4 is 0 Å². The Kier molecular flexibility index (Phi) is 5.00. The topological polar surface area (TPSA) is 55.9 Å². The van der Waals surface area contributed by atoms with E-state index >= 15 is 0 Å². The van der Waals surface area contributed by atoms with Crippen molar-refractivity contribution in [3.63, 3.8) is 0 Å². The SMILES string of the molecule is Cc1ccc(S(=O)(=O)OCC(Cc2ccc3ccccc3c2)C2CO2)cc1. The Labute approximate surface area is 159 Å². The van der Waals surface area contributed by atoms with Gasteiger partial charge in [0.2, 0.25) is 0 Å². The summed E-state index contributed by atoms with van der Waals surface area (Å²) >= 11 is 0. The zero-order valence-electron chi connectivity index (χ0n) is 15.2. The van der Waals surface area contributed by atoms with Gasteiger partial charge in [0.15, 0.2) is 0 Å². The molecule has 0 bridgehead atoms. The Balaban J connectivity index is 1.47. The Hall–Kier alpha value is -2.21. The van der Waals surface area contributed by atoms with Crippen LogP contribution in [0.25, 0.3) is 10.8 Å². The maximum Gasteiger partial charge on any atom is 0.296 e. The smallest absolute Gasteiger partial charge is 0.296 e. The summed E-state index contributed by atoms with van der Waals surface area (Å²) in [4.78, 5) is 0.189. The molecule has 5 heteroatoms.